The van der Waals surface area contributed by atoms with Crippen LogP contribution in [0.4, 0.5) is 5.95 Å². The third kappa shape index (κ3) is 6.77. The maximum absolute atomic E-state index is 10.8. The van der Waals surface area contributed by atoms with Gasteiger partial charge in [0.1, 0.15) is 0 Å². The van der Waals surface area contributed by atoms with Gasteiger partial charge in [0.05, 0.1) is 32.0 Å². The Morgan fingerprint density at radius 1 is 1.12 bits per heavy atom. The topological polar surface area (TPSA) is 88.0 Å². The van der Waals surface area contributed by atoms with E-state index >= 15 is 0 Å². The number of hydrogen-bond acceptors (Lipinski definition) is 7. The van der Waals surface area contributed by atoms with Gasteiger partial charge in [-0.25, -0.2) is 14.8 Å². The first-order valence-electron chi connectivity index (χ1n) is 8.49. The molecule has 0 saturated carbocycles. The number of nitrogens with zero attached hydrogens (tertiary/aromatic N) is 4. The molecule has 1 aliphatic heterocycles. The minimum absolute atomic E-state index is 0.105. The lowest BCUT2D eigenvalue weighted by Gasteiger charge is -2.34. The van der Waals surface area contributed by atoms with Crippen LogP contribution in [0.1, 0.15) is 16.8 Å². The molecular formula is C17H26N4O4. The fraction of sp³-hybridized carbons (Fsp3) is 0.588. The zero-order chi connectivity index (χ0) is 17.9. The number of carboxylic acid groups (broad SMARTS) is 1. The third-order valence-corrected chi connectivity index (χ3v) is 3.93. The molecule has 1 aromatic heterocycles. The van der Waals surface area contributed by atoms with Crippen LogP contribution in [0.15, 0.2) is 25.0 Å². The maximum Gasteiger partial charge on any atom is 0.338 e. The highest BCUT2D eigenvalue weighted by Crippen LogP contribution is 2.10. The first-order chi connectivity index (χ1) is 12.2. The van der Waals surface area contributed by atoms with Gasteiger partial charge in [-0.3, -0.25) is 4.90 Å². The fourth-order valence-corrected chi connectivity index (χ4v) is 2.45. The molecule has 0 bridgehead atoms. The molecule has 1 aromatic rings. The average molecular weight is 350 g/mol. The second-order valence-corrected chi connectivity index (χ2v) is 5.71. The van der Waals surface area contributed by atoms with Gasteiger partial charge in [-0.2, -0.15) is 0 Å². The number of carbonyl (C=O) groups is 1. The summed E-state index contributed by atoms with van der Waals surface area (Å²) in [6, 6.07) is 0. The molecule has 0 aromatic carbocycles. The van der Waals surface area contributed by atoms with Crippen molar-refractivity contribution in [1.29, 1.82) is 0 Å². The quantitative estimate of drug-likeness (QED) is 0.465. The van der Waals surface area contributed by atoms with Crippen LogP contribution in [0.5, 0.6) is 0 Å². The van der Waals surface area contributed by atoms with Crippen LogP contribution in [0, 0.1) is 0 Å². The summed E-state index contributed by atoms with van der Waals surface area (Å²) < 4.78 is 11.0. The summed E-state index contributed by atoms with van der Waals surface area (Å²) >= 11 is 0. The lowest BCUT2D eigenvalue weighted by atomic mass is 10.3. The average Bonchev–Trinajstić information content (AvgIpc) is 2.64. The number of carboxylic acids is 1. The number of aromatic carboxylic acids is 1. The number of ether oxygens (including phenoxy) is 2. The zero-order valence-electron chi connectivity index (χ0n) is 14.5. The largest absolute Gasteiger partial charge is 0.478 e. The normalized spacial score (nSPS) is 15.3. The van der Waals surface area contributed by atoms with Crippen LogP contribution >= 0.6 is 0 Å². The van der Waals surface area contributed by atoms with Gasteiger partial charge in [0.25, 0.3) is 0 Å². The number of aromatic nitrogens is 2. The van der Waals surface area contributed by atoms with Crippen LogP contribution in [0.25, 0.3) is 0 Å². The number of rotatable bonds is 11. The third-order valence-electron chi connectivity index (χ3n) is 3.93. The summed E-state index contributed by atoms with van der Waals surface area (Å²) in [4.78, 5) is 23.5. The second-order valence-electron chi connectivity index (χ2n) is 5.71. The van der Waals surface area contributed by atoms with Crippen LogP contribution in [-0.4, -0.2) is 85.1 Å². The minimum Gasteiger partial charge on any atom is -0.478 e. The van der Waals surface area contributed by atoms with E-state index in [0.29, 0.717) is 32.4 Å². The van der Waals surface area contributed by atoms with Crippen LogP contribution in [-0.2, 0) is 9.47 Å². The highest BCUT2D eigenvalue weighted by atomic mass is 16.5. The van der Waals surface area contributed by atoms with E-state index in [1.165, 1.54) is 12.4 Å². The molecule has 1 saturated heterocycles. The molecular weight excluding hydrogens is 324 g/mol. The van der Waals surface area contributed by atoms with Gasteiger partial charge < -0.3 is 19.5 Å². The van der Waals surface area contributed by atoms with E-state index in [4.69, 9.17) is 14.6 Å². The second kappa shape index (κ2) is 10.8. The van der Waals surface area contributed by atoms with E-state index in [2.05, 4.69) is 26.3 Å². The molecule has 8 nitrogen and oxygen atoms in total. The Kier molecular flexibility index (Phi) is 8.30. The predicted molar refractivity (Wildman–Crippen MR) is 94.1 cm³/mol. The van der Waals surface area contributed by atoms with Crippen molar-refractivity contribution in [2.75, 3.05) is 64.1 Å². The highest BCUT2D eigenvalue weighted by molar-refractivity contribution is 5.86. The standard InChI is InChI=1S/C17H26N4O4/c1-2-3-9-24-11-12-25-10-8-20-4-6-21(7-5-20)17-18-13-15(14-19-17)16(22)23/h2,13-14H,1,3-12H2,(H,22,23). The molecule has 25 heavy (non-hydrogen) atoms. The van der Waals surface area contributed by atoms with E-state index in [1.807, 2.05) is 6.08 Å². The molecule has 0 radical (unpaired) electrons. The van der Waals surface area contributed by atoms with Gasteiger partial charge >= 0.3 is 5.97 Å². The van der Waals surface area contributed by atoms with Gasteiger partial charge in [-0.05, 0) is 6.42 Å². The number of anilines is 1. The monoisotopic (exact) mass is 350 g/mol. The lowest BCUT2D eigenvalue weighted by Crippen LogP contribution is -2.47. The molecule has 1 fully saturated rings. The van der Waals surface area contributed by atoms with E-state index in [9.17, 15) is 4.79 Å². The van der Waals surface area contributed by atoms with E-state index in [-0.39, 0.29) is 5.56 Å². The van der Waals surface area contributed by atoms with Crippen LogP contribution in [0.3, 0.4) is 0 Å². The summed E-state index contributed by atoms with van der Waals surface area (Å²) in [6.45, 7) is 10.6. The van der Waals surface area contributed by atoms with Crippen molar-refractivity contribution in [3.05, 3.63) is 30.6 Å². The van der Waals surface area contributed by atoms with Crippen molar-refractivity contribution >= 4 is 11.9 Å². The van der Waals surface area contributed by atoms with Gasteiger partial charge in [0.2, 0.25) is 5.95 Å². The number of piperazine rings is 1. The van der Waals surface area contributed by atoms with Crippen LogP contribution in [0.2, 0.25) is 0 Å². The van der Waals surface area contributed by atoms with E-state index in [1.54, 1.807) is 0 Å². The zero-order valence-corrected chi connectivity index (χ0v) is 14.5. The fourth-order valence-electron chi connectivity index (χ4n) is 2.45. The van der Waals surface area contributed by atoms with Crippen molar-refractivity contribution in [1.82, 2.24) is 14.9 Å². The Morgan fingerprint density at radius 2 is 1.76 bits per heavy atom. The molecule has 0 spiro atoms. The lowest BCUT2D eigenvalue weighted by molar-refractivity contribution is 0.0394. The molecule has 138 valence electrons. The SMILES string of the molecule is C=CCCOCCOCCN1CCN(c2ncc(C(=O)O)cn2)CC1. The highest BCUT2D eigenvalue weighted by Gasteiger charge is 2.19. The summed E-state index contributed by atoms with van der Waals surface area (Å²) in [5.74, 6) is -0.431. The van der Waals surface area contributed by atoms with E-state index < -0.39 is 5.97 Å². The summed E-state index contributed by atoms with van der Waals surface area (Å²) in [5.41, 5.74) is 0.105. The summed E-state index contributed by atoms with van der Waals surface area (Å²) in [7, 11) is 0. The molecule has 1 aliphatic rings. The molecule has 1 N–H and O–H groups in total. The van der Waals surface area contributed by atoms with Gasteiger partial charge in [0, 0.05) is 45.1 Å². The van der Waals surface area contributed by atoms with Crippen molar-refractivity contribution in [2.24, 2.45) is 0 Å². The molecule has 0 aliphatic carbocycles. The Bertz CT molecular complexity index is 530. The van der Waals surface area contributed by atoms with Crippen molar-refractivity contribution in [3.8, 4) is 0 Å². The Labute approximate surface area is 148 Å². The molecule has 0 unspecified atom stereocenters. The van der Waals surface area contributed by atoms with E-state index in [0.717, 1.165) is 39.1 Å². The first-order valence-corrected chi connectivity index (χ1v) is 8.49. The smallest absolute Gasteiger partial charge is 0.338 e. The summed E-state index contributed by atoms with van der Waals surface area (Å²) in [6.07, 6.45) is 5.41. The van der Waals surface area contributed by atoms with Gasteiger partial charge in [0.15, 0.2) is 0 Å². The molecule has 2 heterocycles. The molecule has 8 heteroatoms. The maximum atomic E-state index is 10.8. The summed E-state index contributed by atoms with van der Waals surface area (Å²) in [5, 5.41) is 8.87. The van der Waals surface area contributed by atoms with Gasteiger partial charge in [-0.1, -0.05) is 6.08 Å². The predicted octanol–water partition coefficient (Wildman–Crippen LogP) is 0.906. The van der Waals surface area contributed by atoms with Crippen LogP contribution < -0.4 is 4.90 Å². The Hall–Kier alpha value is -2.03. The first kappa shape index (κ1) is 19.3. The number of hydrogen-bond donors (Lipinski definition) is 1. The van der Waals surface area contributed by atoms with Crippen molar-refractivity contribution in [3.63, 3.8) is 0 Å². The molecule has 0 atom stereocenters. The minimum atomic E-state index is -1.01. The Balaban J connectivity index is 1.58. The van der Waals surface area contributed by atoms with Crippen molar-refractivity contribution in [2.45, 2.75) is 6.42 Å². The van der Waals surface area contributed by atoms with Crippen molar-refractivity contribution < 1.29 is 19.4 Å². The molecule has 0 amide bonds. The van der Waals surface area contributed by atoms with Gasteiger partial charge in [-0.15, -0.1) is 6.58 Å². The molecule has 2 rings (SSSR count). The Morgan fingerprint density at radius 3 is 2.36 bits per heavy atom.